The first-order valence-electron chi connectivity index (χ1n) is 4.35. The van der Waals surface area contributed by atoms with Crippen LogP contribution >= 0.6 is 0 Å². The van der Waals surface area contributed by atoms with Crippen LogP contribution in [0.4, 0.5) is 8.78 Å². The lowest BCUT2D eigenvalue weighted by Gasteiger charge is -2.17. The molecule has 1 aliphatic carbocycles. The van der Waals surface area contributed by atoms with Crippen LogP contribution in [0, 0.1) is 5.92 Å². The third-order valence-electron chi connectivity index (χ3n) is 2.42. The van der Waals surface area contributed by atoms with E-state index in [-0.39, 0.29) is 12.6 Å². The fourth-order valence-electron chi connectivity index (χ4n) is 1.71. The second-order valence-electron chi connectivity index (χ2n) is 3.30. The van der Waals surface area contributed by atoms with E-state index < -0.39 is 6.61 Å². The predicted octanol–water partition coefficient (Wildman–Crippen LogP) is 1.74. The van der Waals surface area contributed by atoms with Crippen molar-refractivity contribution in [2.45, 2.75) is 38.3 Å². The van der Waals surface area contributed by atoms with E-state index in [1.165, 1.54) is 12.8 Å². The molecule has 0 aromatic carbocycles. The Morgan fingerprint density at radius 1 is 1.33 bits per heavy atom. The Bertz CT molecular complexity index is 126. The van der Waals surface area contributed by atoms with E-state index in [1.54, 1.807) is 0 Å². The normalized spacial score (nSPS) is 22.0. The van der Waals surface area contributed by atoms with Gasteiger partial charge in [0.25, 0.3) is 0 Å². The maximum absolute atomic E-state index is 11.6. The number of ether oxygens (including phenoxy) is 1. The maximum atomic E-state index is 11.6. The van der Waals surface area contributed by atoms with Crippen molar-refractivity contribution in [1.82, 2.24) is 0 Å². The molecule has 0 bridgehead atoms. The zero-order valence-electron chi connectivity index (χ0n) is 7.01. The van der Waals surface area contributed by atoms with Crippen LogP contribution in [0.2, 0.25) is 0 Å². The summed E-state index contributed by atoms with van der Waals surface area (Å²) in [6.07, 6.45) is 4.47. The molecule has 0 aromatic heterocycles. The number of rotatable bonds is 4. The van der Waals surface area contributed by atoms with Crippen molar-refractivity contribution in [3.63, 3.8) is 0 Å². The van der Waals surface area contributed by atoms with Crippen LogP contribution in [0.25, 0.3) is 0 Å². The molecular formula is C8H15F2NO. The van der Waals surface area contributed by atoms with Crippen molar-refractivity contribution < 1.29 is 13.5 Å². The van der Waals surface area contributed by atoms with Crippen molar-refractivity contribution in [3.05, 3.63) is 0 Å². The fraction of sp³-hybridized carbons (Fsp3) is 1.00. The first-order chi connectivity index (χ1) is 5.70. The molecule has 0 aliphatic heterocycles. The Kier molecular flexibility index (Phi) is 3.88. The second-order valence-corrected chi connectivity index (χ2v) is 3.30. The molecule has 12 heavy (non-hydrogen) atoms. The smallest absolute Gasteiger partial charge is 0.325 e. The number of alkyl halides is 2. The lowest BCUT2D eigenvalue weighted by Crippen LogP contribution is -2.34. The number of halogens is 2. The standard InChI is InChI=1S/C8H15F2NO/c9-8(10)12-5-7(11)6-3-1-2-4-6/h6-8H,1-5,11H2. The molecule has 0 spiro atoms. The summed E-state index contributed by atoms with van der Waals surface area (Å²) in [5, 5.41) is 0. The fourth-order valence-corrected chi connectivity index (χ4v) is 1.71. The quantitative estimate of drug-likeness (QED) is 0.713. The molecule has 2 nitrogen and oxygen atoms in total. The predicted molar refractivity (Wildman–Crippen MR) is 41.9 cm³/mol. The van der Waals surface area contributed by atoms with Gasteiger partial charge in [0.15, 0.2) is 0 Å². The monoisotopic (exact) mass is 179 g/mol. The first kappa shape index (κ1) is 9.86. The summed E-state index contributed by atoms with van der Waals surface area (Å²) >= 11 is 0. The van der Waals surface area contributed by atoms with Crippen LogP contribution in [0.5, 0.6) is 0 Å². The van der Waals surface area contributed by atoms with Gasteiger partial charge in [-0.3, -0.25) is 0 Å². The Balaban J connectivity index is 2.13. The van der Waals surface area contributed by atoms with E-state index in [2.05, 4.69) is 4.74 Å². The Hall–Kier alpha value is -0.220. The summed E-state index contributed by atoms with van der Waals surface area (Å²) in [5.41, 5.74) is 5.67. The topological polar surface area (TPSA) is 35.2 Å². The molecule has 0 radical (unpaired) electrons. The summed E-state index contributed by atoms with van der Waals surface area (Å²) in [6.45, 7) is -2.69. The minimum atomic E-state index is -2.68. The summed E-state index contributed by atoms with van der Waals surface area (Å²) in [7, 11) is 0. The van der Waals surface area contributed by atoms with Gasteiger partial charge in [-0.2, -0.15) is 8.78 Å². The Morgan fingerprint density at radius 2 is 1.92 bits per heavy atom. The van der Waals surface area contributed by atoms with Crippen molar-refractivity contribution in [3.8, 4) is 0 Å². The molecule has 2 N–H and O–H groups in total. The molecule has 0 aromatic rings. The van der Waals surface area contributed by atoms with E-state index in [0.717, 1.165) is 12.8 Å². The number of nitrogens with two attached hydrogens (primary N) is 1. The van der Waals surface area contributed by atoms with Crippen LogP contribution in [-0.4, -0.2) is 19.3 Å². The zero-order chi connectivity index (χ0) is 8.97. The lowest BCUT2D eigenvalue weighted by molar-refractivity contribution is -0.134. The van der Waals surface area contributed by atoms with Gasteiger partial charge in [0.05, 0.1) is 6.61 Å². The van der Waals surface area contributed by atoms with Gasteiger partial charge in [-0.15, -0.1) is 0 Å². The van der Waals surface area contributed by atoms with Gasteiger partial charge in [-0.1, -0.05) is 12.8 Å². The van der Waals surface area contributed by atoms with E-state index in [0.29, 0.717) is 5.92 Å². The average molecular weight is 179 g/mol. The molecule has 1 saturated carbocycles. The highest BCUT2D eigenvalue weighted by molar-refractivity contribution is 4.77. The van der Waals surface area contributed by atoms with Crippen molar-refractivity contribution in [2.24, 2.45) is 11.7 Å². The Morgan fingerprint density at radius 3 is 2.42 bits per heavy atom. The molecule has 0 amide bonds. The zero-order valence-corrected chi connectivity index (χ0v) is 7.01. The molecule has 1 aliphatic rings. The highest BCUT2D eigenvalue weighted by atomic mass is 19.3. The van der Waals surface area contributed by atoms with Gasteiger partial charge in [-0.05, 0) is 18.8 Å². The van der Waals surface area contributed by atoms with Crippen LogP contribution in [-0.2, 0) is 4.74 Å². The van der Waals surface area contributed by atoms with E-state index in [4.69, 9.17) is 5.73 Å². The van der Waals surface area contributed by atoms with E-state index in [1.807, 2.05) is 0 Å². The van der Waals surface area contributed by atoms with Crippen molar-refractivity contribution in [1.29, 1.82) is 0 Å². The maximum Gasteiger partial charge on any atom is 0.345 e. The molecule has 0 heterocycles. The summed E-state index contributed by atoms with van der Waals surface area (Å²) in [6, 6.07) is -0.207. The number of hydrogen-bond acceptors (Lipinski definition) is 2. The number of hydrogen-bond donors (Lipinski definition) is 1. The molecule has 1 unspecified atom stereocenters. The third-order valence-corrected chi connectivity index (χ3v) is 2.42. The largest absolute Gasteiger partial charge is 0.345 e. The molecular weight excluding hydrogens is 164 g/mol. The summed E-state index contributed by atoms with van der Waals surface area (Å²) < 4.78 is 27.4. The molecule has 0 saturated heterocycles. The molecule has 4 heteroatoms. The van der Waals surface area contributed by atoms with Crippen LogP contribution in [0.3, 0.4) is 0 Å². The Labute approximate surface area is 71.1 Å². The van der Waals surface area contributed by atoms with Crippen LogP contribution in [0.1, 0.15) is 25.7 Å². The van der Waals surface area contributed by atoms with Crippen LogP contribution in [0.15, 0.2) is 0 Å². The van der Waals surface area contributed by atoms with Gasteiger partial charge in [-0.25, -0.2) is 0 Å². The van der Waals surface area contributed by atoms with Crippen LogP contribution < -0.4 is 5.73 Å². The van der Waals surface area contributed by atoms with Gasteiger partial charge in [0, 0.05) is 6.04 Å². The van der Waals surface area contributed by atoms with Gasteiger partial charge < -0.3 is 10.5 Å². The third kappa shape index (κ3) is 3.03. The van der Waals surface area contributed by atoms with Crippen molar-refractivity contribution in [2.75, 3.05) is 6.61 Å². The minimum Gasteiger partial charge on any atom is -0.325 e. The van der Waals surface area contributed by atoms with Crippen molar-refractivity contribution >= 4 is 0 Å². The van der Waals surface area contributed by atoms with E-state index >= 15 is 0 Å². The molecule has 72 valence electrons. The highest BCUT2D eigenvalue weighted by Crippen LogP contribution is 2.26. The van der Waals surface area contributed by atoms with Gasteiger partial charge in [0.2, 0.25) is 0 Å². The lowest BCUT2D eigenvalue weighted by atomic mass is 10.00. The average Bonchev–Trinajstić information content (AvgIpc) is 2.51. The summed E-state index contributed by atoms with van der Waals surface area (Å²) in [5.74, 6) is 0.392. The SMILES string of the molecule is NC(COC(F)F)C1CCCC1. The second kappa shape index (κ2) is 4.72. The van der Waals surface area contributed by atoms with Gasteiger partial charge >= 0.3 is 6.61 Å². The molecule has 1 fully saturated rings. The molecule has 1 rings (SSSR count). The highest BCUT2D eigenvalue weighted by Gasteiger charge is 2.22. The minimum absolute atomic E-state index is 0.0116. The summed E-state index contributed by atoms with van der Waals surface area (Å²) in [4.78, 5) is 0. The first-order valence-corrected chi connectivity index (χ1v) is 4.35. The molecule has 1 atom stereocenters. The van der Waals surface area contributed by atoms with E-state index in [9.17, 15) is 8.78 Å². The van der Waals surface area contributed by atoms with Gasteiger partial charge in [0.1, 0.15) is 0 Å².